The third-order valence-electron chi connectivity index (χ3n) is 4.94. The Hall–Kier alpha value is -2.59. The predicted octanol–water partition coefficient (Wildman–Crippen LogP) is 2.45. The zero-order chi connectivity index (χ0) is 20.6. The molecule has 1 aromatic carbocycles. The van der Waals surface area contributed by atoms with Crippen LogP contribution in [0.3, 0.4) is 0 Å². The first-order chi connectivity index (χ1) is 13.8. The summed E-state index contributed by atoms with van der Waals surface area (Å²) in [4.78, 5) is 12.1. The number of rotatable bonds is 5. The van der Waals surface area contributed by atoms with Crippen molar-refractivity contribution >= 4 is 27.4 Å². The van der Waals surface area contributed by atoms with Crippen molar-refractivity contribution in [3.05, 3.63) is 35.5 Å². The van der Waals surface area contributed by atoms with Gasteiger partial charge in [0.2, 0.25) is 0 Å². The lowest BCUT2D eigenvalue weighted by Gasteiger charge is -2.13. The van der Waals surface area contributed by atoms with Crippen molar-refractivity contribution in [1.82, 2.24) is 15.5 Å². The van der Waals surface area contributed by atoms with E-state index in [2.05, 4.69) is 20.8 Å². The number of carbonyl (C=O) groups excluding carboxylic acids is 1. The van der Waals surface area contributed by atoms with Crippen LogP contribution in [0, 0.1) is 0 Å². The highest BCUT2D eigenvalue weighted by Crippen LogP contribution is 2.34. The molecule has 1 fully saturated rings. The summed E-state index contributed by atoms with van der Waals surface area (Å²) in [5, 5.41) is 13.1. The number of fused-ring (bicyclic) bond motifs is 1. The summed E-state index contributed by atoms with van der Waals surface area (Å²) >= 11 is 0. The van der Waals surface area contributed by atoms with Crippen LogP contribution in [0.1, 0.15) is 37.6 Å². The van der Waals surface area contributed by atoms with Gasteiger partial charge >= 0.3 is 6.09 Å². The molecule has 0 bridgehead atoms. The van der Waals surface area contributed by atoms with Gasteiger partial charge in [-0.05, 0) is 38.0 Å². The third kappa shape index (κ3) is 4.23. The lowest BCUT2D eigenvalue weighted by atomic mass is 10.1. The number of H-pyrrole nitrogens is 1. The van der Waals surface area contributed by atoms with E-state index in [0.29, 0.717) is 30.2 Å². The van der Waals surface area contributed by atoms with Crippen LogP contribution in [-0.2, 0) is 25.7 Å². The lowest BCUT2D eigenvalue weighted by molar-refractivity contribution is 0.0682. The molecular formula is C19H24N4O5S. The summed E-state index contributed by atoms with van der Waals surface area (Å²) in [6, 6.07) is 7.04. The first-order valence-corrected chi connectivity index (χ1v) is 11.2. The number of nitrogens with zero attached hydrogens (tertiary/aromatic N) is 1. The zero-order valence-electron chi connectivity index (χ0n) is 16.3. The molecule has 3 heterocycles. The Morgan fingerprint density at radius 2 is 2.21 bits per heavy atom. The maximum atomic E-state index is 12.1. The molecule has 0 saturated carbocycles. The van der Waals surface area contributed by atoms with Gasteiger partial charge in [-0.2, -0.15) is 5.10 Å². The topological polar surface area (TPSA) is 122 Å². The Morgan fingerprint density at radius 3 is 3.00 bits per heavy atom. The minimum Gasteiger partial charge on any atom is -0.444 e. The van der Waals surface area contributed by atoms with Crippen LogP contribution in [0.25, 0.3) is 0 Å². The van der Waals surface area contributed by atoms with E-state index in [1.54, 1.807) is 12.1 Å². The quantitative estimate of drug-likeness (QED) is 0.679. The van der Waals surface area contributed by atoms with E-state index in [0.717, 1.165) is 16.9 Å². The maximum Gasteiger partial charge on any atom is 0.407 e. The minimum absolute atomic E-state index is 0.0104. The highest BCUT2D eigenvalue weighted by atomic mass is 32.2. The minimum atomic E-state index is -3.19. The molecular weight excluding hydrogens is 396 g/mol. The van der Waals surface area contributed by atoms with Gasteiger partial charge in [0.25, 0.3) is 0 Å². The van der Waals surface area contributed by atoms with E-state index in [1.165, 1.54) is 0 Å². The van der Waals surface area contributed by atoms with Crippen molar-refractivity contribution in [2.24, 2.45) is 0 Å². The first-order valence-electron chi connectivity index (χ1n) is 9.57. The molecule has 2 atom stereocenters. The van der Waals surface area contributed by atoms with Crippen LogP contribution in [0.15, 0.2) is 29.2 Å². The maximum absolute atomic E-state index is 12.1. The molecule has 0 aliphatic carbocycles. The number of sulfone groups is 1. The summed E-state index contributed by atoms with van der Waals surface area (Å²) in [6.07, 6.45) is -0.0000913. The van der Waals surface area contributed by atoms with Crippen molar-refractivity contribution in [3.8, 4) is 0 Å². The number of benzene rings is 1. The largest absolute Gasteiger partial charge is 0.444 e. The molecule has 2 aliphatic heterocycles. The summed E-state index contributed by atoms with van der Waals surface area (Å²) < 4.78 is 35.3. The van der Waals surface area contributed by atoms with Gasteiger partial charge in [-0.15, -0.1) is 0 Å². The molecule has 4 rings (SSSR count). The van der Waals surface area contributed by atoms with Crippen molar-refractivity contribution in [1.29, 1.82) is 0 Å². The van der Waals surface area contributed by atoms with Crippen molar-refractivity contribution in [3.63, 3.8) is 0 Å². The number of anilines is 2. The van der Waals surface area contributed by atoms with Gasteiger partial charge in [-0.25, -0.2) is 13.2 Å². The molecule has 156 valence electrons. The van der Waals surface area contributed by atoms with Crippen LogP contribution in [0.4, 0.5) is 16.3 Å². The van der Waals surface area contributed by atoms with Gasteiger partial charge in [-0.1, -0.05) is 6.07 Å². The second-order valence-electron chi connectivity index (χ2n) is 7.57. The van der Waals surface area contributed by atoms with Crippen LogP contribution in [0.2, 0.25) is 0 Å². The van der Waals surface area contributed by atoms with Gasteiger partial charge in [0.1, 0.15) is 12.2 Å². The molecule has 1 aromatic heterocycles. The van der Waals surface area contributed by atoms with Gasteiger partial charge in [0.15, 0.2) is 15.7 Å². The number of aromatic nitrogens is 2. The predicted molar refractivity (Wildman–Crippen MR) is 106 cm³/mol. The Morgan fingerprint density at radius 1 is 1.38 bits per heavy atom. The van der Waals surface area contributed by atoms with E-state index in [1.807, 2.05) is 26.0 Å². The number of nitrogens with one attached hydrogen (secondary N) is 3. The van der Waals surface area contributed by atoms with Gasteiger partial charge in [-0.3, -0.25) is 5.10 Å². The van der Waals surface area contributed by atoms with Crippen molar-refractivity contribution in [2.75, 3.05) is 17.7 Å². The fourth-order valence-electron chi connectivity index (χ4n) is 3.60. The molecule has 0 radical (unpaired) electrons. The molecule has 2 aromatic rings. The summed E-state index contributed by atoms with van der Waals surface area (Å²) in [7, 11) is -3.19. The van der Waals surface area contributed by atoms with E-state index >= 15 is 0 Å². The number of hydrogen-bond donors (Lipinski definition) is 3. The van der Waals surface area contributed by atoms with Gasteiger partial charge in [0.05, 0.1) is 22.9 Å². The lowest BCUT2D eigenvalue weighted by Crippen LogP contribution is -2.33. The molecule has 0 unspecified atom stereocenters. The molecule has 0 spiro atoms. The van der Waals surface area contributed by atoms with Crippen molar-refractivity contribution < 1.29 is 22.7 Å². The number of aromatic amines is 1. The molecule has 29 heavy (non-hydrogen) atoms. The number of amides is 1. The SMILES string of the molecule is CC(C)NC(=O)O[C@H]1CO[C@@H](c2cc(Nc3cccc4c3CCS4(=O)=O)n[nH]2)C1. The molecule has 1 amide bonds. The van der Waals surface area contributed by atoms with Crippen LogP contribution < -0.4 is 10.6 Å². The number of alkyl carbamates (subject to hydrolysis) is 1. The second kappa shape index (κ2) is 7.68. The summed E-state index contributed by atoms with van der Waals surface area (Å²) in [5.74, 6) is 0.706. The molecule has 3 N–H and O–H groups in total. The Kier molecular flexibility index (Phi) is 5.22. The van der Waals surface area contributed by atoms with E-state index in [-0.39, 0.29) is 24.0 Å². The third-order valence-corrected chi connectivity index (χ3v) is 6.73. The van der Waals surface area contributed by atoms with Crippen molar-refractivity contribution in [2.45, 2.75) is 49.8 Å². The van der Waals surface area contributed by atoms with E-state index in [4.69, 9.17) is 9.47 Å². The van der Waals surface area contributed by atoms with Crippen LogP contribution >= 0.6 is 0 Å². The Labute approximate surface area is 169 Å². The molecule has 10 heteroatoms. The highest BCUT2D eigenvalue weighted by Gasteiger charge is 2.31. The smallest absolute Gasteiger partial charge is 0.407 e. The Balaban J connectivity index is 1.40. The van der Waals surface area contributed by atoms with Crippen LogP contribution in [-0.4, -0.2) is 49.2 Å². The summed E-state index contributed by atoms with van der Waals surface area (Å²) in [6.45, 7) is 4.06. The zero-order valence-corrected chi connectivity index (χ0v) is 17.1. The average molecular weight is 420 g/mol. The molecule has 2 aliphatic rings. The van der Waals surface area contributed by atoms with Crippen LogP contribution in [0.5, 0.6) is 0 Å². The Bertz CT molecular complexity index is 1020. The molecule has 1 saturated heterocycles. The first kappa shape index (κ1) is 19.7. The van der Waals surface area contributed by atoms with Gasteiger partial charge < -0.3 is 20.1 Å². The van der Waals surface area contributed by atoms with Gasteiger partial charge in [0, 0.05) is 24.2 Å². The standard InChI is InChI=1S/C19H24N4O5S/c1-11(2)20-19(24)28-12-8-16(27-10-12)15-9-18(23-22-15)21-14-4-3-5-17-13(14)6-7-29(17,25)26/h3-5,9,11-12,16H,6-8,10H2,1-2H3,(H,20,24)(H2,21,22,23)/t12-,16-/m1/s1. The molecule has 9 nitrogen and oxygen atoms in total. The second-order valence-corrected chi connectivity index (χ2v) is 9.65. The number of hydrogen-bond acceptors (Lipinski definition) is 7. The number of carbonyl (C=O) groups is 1. The number of ether oxygens (including phenoxy) is 2. The summed E-state index contributed by atoms with van der Waals surface area (Å²) in [5.41, 5.74) is 2.29. The van der Waals surface area contributed by atoms with E-state index < -0.39 is 15.9 Å². The van der Waals surface area contributed by atoms with E-state index in [9.17, 15) is 13.2 Å². The fourth-order valence-corrected chi connectivity index (χ4v) is 5.17. The monoisotopic (exact) mass is 420 g/mol. The average Bonchev–Trinajstić information content (AvgIpc) is 3.35. The fraction of sp³-hybridized carbons (Fsp3) is 0.474. The highest BCUT2D eigenvalue weighted by molar-refractivity contribution is 7.91. The normalized spacial score (nSPS) is 22.4.